The number of aromatic nitrogens is 1. The van der Waals surface area contributed by atoms with E-state index in [9.17, 15) is 0 Å². The third-order valence-electron chi connectivity index (χ3n) is 3.23. The number of nitrogens with zero attached hydrogens (tertiary/aromatic N) is 1. The zero-order chi connectivity index (χ0) is 15.4. The highest BCUT2D eigenvalue weighted by Crippen LogP contribution is 2.22. The molecule has 0 amide bonds. The molecule has 0 unspecified atom stereocenters. The van der Waals surface area contributed by atoms with Crippen LogP contribution >= 0.6 is 11.3 Å². The van der Waals surface area contributed by atoms with E-state index >= 15 is 0 Å². The standard InChI is InChI=1S/C16H21N3OS/c1-4-13-15(16(17)18)21-14(19-13)9-20-12-7-5-11(6-8-12)10(2)3/h5-8,10H,4,9H2,1-3H3,(H3,17,18). The number of benzene rings is 1. The van der Waals surface area contributed by atoms with Crippen molar-refractivity contribution in [1.29, 1.82) is 5.41 Å². The Morgan fingerprint density at radius 2 is 2.00 bits per heavy atom. The molecule has 0 bridgehead atoms. The highest BCUT2D eigenvalue weighted by molar-refractivity contribution is 7.13. The molecule has 0 aliphatic heterocycles. The first-order valence-electron chi connectivity index (χ1n) is 7.07. The summed E-state index contributed by atoms with van der Waals surface area (Å²) in [5.74, 6) is 1.43. The van der Waals surface area contributed by atoms with Gasteiger partial charge in [-0.15, -0.1) is 11.3 Å². The summed E-state index contributed by atoms with van der Waals surface area (Å²) in [5, 5.41) is 8.41. The van der Waals surface area contributed by atoms with Gasteiger partial charge in [0.05, 0.1) is 10.6 Å². The summed E-state index contributed by atoms with van der Waals surface area (Å²) in [6.07, 6.45) is 0.772. The number of hydrogen-bond acceptors (Lipinski definition) is 4. The number of nitrogens with two attached hydrogens (primary N) is 1. The van der Waals surface area contributed by atoms with Crippen LogP contribution < -0.4 is 10.5 Å². The van der Waals surface area contributed by atoms with Gasteiger partial charge in [-0.05, 0) is 30.0 Å². The zero-order valence-electron chi connectivity index (χ0n) is 12.6. The molecule has 0 aliphatic rings. The Balaban J connectivity index is 2.04. The lowest BCUT2D eigenvalue weighted by atomic mass is 10.0. The van der Waals surface area contributed by atoms with Gasteiger partial charge < -0.3 is 10.5 Å². The first-order valence-corrected chi connectivity index (χ1v) is 7.88. The summed E-state index contributed by atoms with van der Waals surface area (Å²) in [6, 6.07) is 8.13. The minimum absolute atomic E-state index is 0.0805. The van der Waals surface area contributed by atoms with E-state index in [-0.39, 0.29) is 5.84 Å². The summed E-state index contributed by atoms with van der Waals surface area (Å²) in [6.45, 7) is 6.75. The largest absolute Gasteiger partial charge is 0.486 e. The molecule has 2 rings (SSSR count). The summed E-state index contributed by atoms with van der Waals surface area (Å²) < 4.78 is 5.76. The fourth-order valence-electron chi connectivity index (χ4n) is 2.01. The van der Waals surface area contributed by atoms with Crippen LogP contribution in [0, 0.1) is 5.41 Å². The smallest absolute Gasteiger partial charge is 0.140 e. The Kier molecular flexibility index (Phi) is 4.96. The van der Waals surface area contributed by atoms with Crippen molar-refractivity contribution < 1.29 is 4.74 Å². The van der Waals surface area contributed by atoms with Crippen molar-refractivity contribution in [2.45, 2.75) is 39.7 Å². The molecule has 0 saturated heterocycles. The van der Waals surface area contributed by atoms with E-state index in [4.69, 9.17) is 15.9 Å². The van der Waals surface area contributed by atoms with Gasteiger partial charge in [-0.2, -0.15) is 0 Å². The third-order valence-corrected chi connectivity index (χ3v) is 4.33. The van der Waals surface area contributed by atoms with E-state index in [1.54, 1.807) is 0 Å². The lowest BCUT2D eigenvalue weighted by Crippen LogP contribution is -2.11. The lowest BCUT2D eigenvalue weighted by molar-refractivity contribution is 0.305. The first kappa shape index (κ1) is 15.5. The predicted molar refractivity (Wildman–Crippen MR) is 87.4 cm³/mol. The van der Waals surface area contributed by atoms with E-state index in [1.807, 2.05) is 19.1 Å². The molecule has 2 aromatic rings. The van der Waals surface area contributed by atoms with Crippen molar-refractivity contribution in [3.8, 4) is 5.75 Å². The van der Waals surface area contributed by atoms with Gasteiger partial charge in [0.15, 0.2) is 0 Å². The number of thiazole rings is 1. The normalized spacial score (nSPS) is 10.9. The van der Waals surface area contributed by atoms with Gasteiger partial charge in [0, 0.05) is 0 Å². The van der Waals surface area contributed by atoms with Crippen LogP contribution in [-0.2, 0) is 13.0 Å². The number of amidine groups is 1. The van der Waals surface area contributed by atoms with Gasteiger partial charge in [0.1, 0.15) is 23.2 Å². The number of aryl methyl sites for hydroxylation is 1. The Labute approximate surface area is 129 Å². The molecule has 0 radical (unpaired) electrons. The highest BCUT2D eigenvalue weighted by Gasteiger charge is 2.12. The minimum atomic E-state index is 0.0805. The van der Waals surface area contributed by atoms with E-state index in [1.165, 1.54) is 16.9 Å². The molecule has 1 aromatic heterocycles. The highest BCUT2D eigenvalue weighted by atomic mass is 32.1. The monoisotopic (exact) mass is 303 g/mol. The number of ether oxygens (including phenoxy) is 1. The van der Waals surface area contributed by atoms with Gasteiger partial charge in [0.25, 0.3) is 0 Å². The van der Waals surface area contributed by atoms with Crippen molar-refractivity contribution in [3.05, 3.63) is 45.4 Å². The maximum atomic E-state index is 7.56. The number of rotatable bonds is 6. The SMILES string of the molecule is CCc1nc(COc2ccc(C(C)C)cc2)sc1C(=N)N. The van der Waals surface area contributed by atoms with Crippen molar-refractivity contribution in [1.82, 2.24) is 4.98 Å². The van der Waals surface area contributed by atoms with E-state index in [2.05, 4.69) is 31.0 Å². The molecule has 3 N–H and O–H groups in total. The molecule has 0 spiro atoms. The van der Waals surface area contributed by atoms with Gasteiger partial charge in [-0.1, -0.05) is 32.9 Å². The van der Waals surface area contributed by atoms with Crippen LogP contribution in [0.15, 0.2) is 24.3 Å². The van der Waals surface area contributed by atoms with Crippen molar-refractivity contribution in [2.24, 2.45) is 5.73 Å². The Morgan fingerprint density at radius 1 is 1.33 bits per heavy atom. The van der Waals surface area contributed by atoms with Gasteiger partial charge >= 0.3 is 0 Å². The quantitative estimate of drug-likeness (QED) is 0.631. The fourth-order valence-corrected chi connectivity index (χ4v) is 2.93. The van der Waals surface area contributed by atoms with Crippen molar-refractivity contribution in [2.75, 3.05) is 0 Å². The number of nitrogens with one attached hydrogen (secondary N) is 1. The Bertz CT molecular complexity index is 617. The van der Waals surface area contributed by atoms with Crippen LogP contribution in [0.3, 0.4) is 0 Å². The Hall–Kier alpha value is -1.88. The van der Waals surface area contributed by atoms with Gasteiger partial charge in [0.2, 0.25) is 0 Å². The van der Waals surface area contributed by atoms with Crippen LogP contribution in [0.5, 0.6) is 5.75 Å². The topological polar surface area (TPSA) is 72.0 Å². The van der Waals surface area contributed by atoms with Crippen LogP contribution in [0.2, 0.25) is 0 Å². The molecule has 0 saturated carbocycles. The maximum absolute atomic E-state index is 7.56. The van der Waals surface area contributed by atoms with E-state index in [0.717, 1.165) is 27.7 Å². The summed E-state index contributed by atoms with van der Waals surface area (Å²) >= 11 is 1.43. The minimum Gasteiger partial charge on any atom is -0.486 e. The zero-order valence-corrected chi connectivity index (χ0v) is 13.5. The summed E-state index contributed by atoms with van der Waals surface area (Å²) in [5.41, 5.74) is 7.74. The van der Waals surface area contributed by atoms with Crippen molar-refractivity contribution in [3.63, 3.8) is 0 Å². The lowest BCUT2D eigenvalue weighted by Gasteiger charge is -2.07. The average Bonchev–Trinajstić information content (AvgIpc) is 2.89. The second-order valence-corrected chi connectivity index (χ2v) is 6.25. The molecule has 4 nitrogen and oxygen atoms in total. The van der Waals surface area contributed by atoms with Crippen LogP contribution in [-0.4, -0.2) is 10.8 Å². The van der Waals surface area contributed by atoms with Crippen LogP contribution in [0.25, 0.3) is 0 Å². The molecule has 5 heteroatoms. The maximum Gasteiger partial charge on any atom is 0.140 e. The number of nitrogen functional groups attached to an aromatic ring is 1. The molecule has 0 fully saturated rings. The van der Waals surface area contributed by atoms with Crippen LogP contribution in [0.1, 0.15) is 47.8 Å². The van der Waals surface area contributed by atoms with Crippen molar-refractivity contribution >= 4 is 17.2 Å². The Morgan fingerprint density at radius 3 is 2.48 bits per heavy atom. The second kappa shape index (κ2) is 6.72. The van der Waals surface area contributed by atoms with E-state index < -0.39 is 0 Å². The summed E-state index contributed by atoms with van der Waals surface area (Å²) in [4.78, 5) is 5.24. The summed E-state index contributed by atoms with van der Waals surface area (Å²) in [7, 11) is 0. The molecular formula is C16H21N3OS. The molecule has 1 heterocycles. The average molecular weight is 303 g/mol. The third kappa shape index (κ3) is 3.82. The molecule has 1 aromatic carbocycles. The van der Waals surface area contributed by atoms with Crippen LogP contribution in [0.4, 0.5) is 0 Å². The molecule has 0 aliphatic carbocycles. The van der Waals surface area contributed by atoms with Gasteiger partial charge in [-0.25, -0.2) is 4.98 Å². The molecule has 21 heavy (non-hydrogen) atoms. The van der Waals surface area contributed by atoms with Gasteiger partial charge in [-0.3, -0.25) is 5.41 Å². The molecular weight excluding hydrogens is 282 g/mol. The molecule has 0 atom stereocenters. The number of hydrogen-bond donors (Lipinski definition) is 2. The second-order valence-electron chi connectivity index (χ2n) is 5.16. The fraction of sp³-hybridized carbons (Fsp3) is 0.375. The predicted octanol–water partition coefficient (Wildman–Crippen LogP) is 3.69. The first-order chi connectivity index (χ1) is 10.0. The molecule has 112 valence electrons. The van der Waals surface area contributed by atoms with E-state index in [0.29, 0.717) is 12.5 Å².